The summed E-state index contributed by atoms with van der Waals surface area (Å²) in [6.45, 7) is 2.04. The molecular weight excluding hydrogens is 322 g/mol. The Morgan fingerprint density at radius 2 is 2.00 bits per heavy atom. The summed E-state index contributed by atoms with van der Waals surface area (Å²) in [6.07, 6.45) is -0.517. The van der Waals surface area contributed by atoms with E-state index in [4.69, 9.17) is 9.26 Å². The van der Waals surface area contributed by atoms with Crippen LogP contribution in [0.1, 0.15) is 11.4 Å². The van der Waals surface area contributed by atoms with Crippen molar-refractivity contribution in [1.29, 1.82) is 0 Å². The van der Waals surface area contributed by atoms with Crippen molar-refractivity contribution >= 4 is 11.8 Å². The number of nitrogens with zero attached hydrogens (tertiary/aromatic N) is 2. The second-order valence-corrected chi connectivity index (χ2v) is 5.26. The molecule has 25 heavy (non-hydrogen) atoms. The van der Waals surface area contributed by atoms with Gasteiger partial charge in [0.25, 0.3) is 5.89 Å². The maximum atomic E-state index is 11.3. The lowest BCUT2D eigenvalue weighted by Gasteiger charge is -2.09. The predicted octanol–water partition coefficient (Wildman–Crippen LogP) is 3.80. The quantitative estimate of drug-likeness (QED) is 0.761. The number of aryl methyl sites for hydroxylation is 1. The molecule has 0 aliphatic carbocycles. The number of carbonyl (C=O) groups is 1. The van der Waals surface area contributed by atoms with Crippen LogP contribution in [0.4, 0.5) is 10.5 Å². The first-order chi connectivity index (χ1) is 12.2. The zero-order valence-corrected chi connectivity index (χ0v) is 13.9. The fraction of sp³-hybridized carbons (Fsp3) is 0.167. The number of nitrogens with one attached hydrogen (secondary N) is 1. The van der Waals surface area contributed by atoms with E-state index >= 15 is 0 Å². The minimum absolute atomic E-state index is 0.180. The summed E-state index contributed by atoms with van der Waals surface area (Å²) in [7, 11) is 1.32. The number of aromatic nitrogens is 2. The van der Waals surface area contributed by atoms with Crippen LogP contribution in [-0.2, 0) is 11.3 Å². The lowest BCUT2D eigenvalue weighted by atomic mass is 10.2. The Balaban J connectivity index is 1.63. The lowest BCUT2D eigenvalue weighted by Crippen LogP contribution is -2.11. The summed E-state index contributed by atoms with van der Waals surface area (Å²) >= 11 is 0. The molecule has 7 nitrogen and oxygen atoms in total. The molecule has 2 aromatic carbocycles. The van der Waals surface area contributed by atoms with Crippen LogP contribution in [0.25, 0.3) is 11.5 Å². The van der Waals surface area contributed by atoms with Gasteiger partial charge in [-0.05, 0) is 42.8 Å². The molecule has 1 heterocycles. The Bertz CT molecular complexity index is 862. The SMILES string of the molecule is COC(=O)Nc1ccc(OCc2noc(-c3ccccc3)n2)cc1C. The van der Waals surface area contributed by atoms with Gasteiger partial charge >= 0.3 is 6.09 Å². The molecule has 0 aliphatic rings. The molecule has 1 amide bonds. The second-order valence-electron chi connectivity index (χ2n) is 5.26. The molecule has 0 saturated heterocycles. The number of rotatable bonds is 5. The molecule has 1 N–H and O–H groups in total. The maximum absolute atomic E-state index is 11.3. The highest BCUT2D eigenvalue weighted by Gasteiger charge is 2.10. The molecule has 0 radical (unpaired) electrons. The van der Waals surface area contributed by atoms with Crippen molar-refractivity contribution in [3.63, 3.8) is 0 Å². The lowest BCUT2D eigenvalue weighted by molar-refractivity contribution is 0.187. The van der Waals surface area contributed by atoms with Gasteiger partial charge in [-0.1, -0.05) is 23.4 Å². The first-order valence-corrected chi connectivity index (χ1v) is 7.62. The van der Waals surface area contributed by atoms with Crippen molar-refractivity contribution in [2.24, 2.45) is 0 Å². The number of methoxy groups -OCH3 is 1. The van der Waals surface area contributed by atoms with Crippen LogP contribution in [0.15, 0.2) is 53.1 Å². The third-order valence-electron chi connectivity index (χ3n) is 3.48. The van der Waals surface area contributed by atoms with Gasteiger partial charge in [0.15, 0.2) is 6.61 Å². The Morgan fingerprint density at radius 3 is 2.72 bits per heavy atom. The van der Waals surface area contributed by atoms with E-state index in [9.17, 15) is 4.79 Å². The monoisotopic (exact) mass is 339 g/mol. The average Bonchev–Trinajstić information content (AvgIpc) is 3.11. The zero-order valence-electron chi connectivity index (χ0n) is 13.9. The van der Waals surface area contributed by atoms with Gasteiger partial charge in [0.2, 0.25) is 5.82 Å². The van der Waals surface area contributed by atoms with Crippen LogP contribution in [0.3, 0.4) is 0 Å². The number of amides is 1. The summed E-state index contributed by atoms with van der Waals surface area (Å²) in [5, 5.41) is 6.54. The molecule has 0 saturated carbocycles. The van der Waals surface area contributed by atoms with Crippen LogP contribution in [-0.4, -0.2) is 23.3 Å². The molecular formula is C18H17N3O4. The number of anilines is 1. The molecule has 1 aromatic heterocycles. The van der Waals surface area contributed by atoms with Crippen molar-refractivity contribution in [3.05, 3.63) is 59.9 Å². The average molecular weight is 339 g/mol. The molecule has 0 unspecified atom stereocenters. The van der Waals surface area contributed by atoms with E-state index in [1.54, 1.807) is 12.1 Å². The van der Waals surface area contributed by atoms with E-state index in [1.807, 2.05) is 43.3 Å². The molecule has 7 heteroatoms. The molecule has 0 fully saturated rings. The van der Waals surface area contributed by atoms with Crippen LogP contribution in [0.5, 0.6) is 5.75 Å². The minimum atomic E-state index is -0.517. The first kappa shape index (κ1) is 16.5. The van der Waals surface area contributed by atoms with Gasteiger partial charge in [0, 0.05) is 11.3 Å². The summed E-state index contributed by atoms with van der Waals surface area (Å²) in [6, 6.07) is 14.8. The molecule has 0 aliphatic heterocycles. The second kappa shape index (κ2) is 7.48. The largest absolute Gasteiger partial charge is 0.485 e. The normalized spacial score (nSPS) is 10.3. The van der Waals surface area contributed by atoms with Crippen molar-refractivity contribution in [3.8, 4) is 17.2 Å². The summed E-state index contributed by atoms with van der Waals surface area (Å²) < 4.78 is 15.5. The summed E-state index contributed by atoms with van der Waals surface area (Å²) in [5.41, 5.74) is 2.36. The fourth-order valence-corrected chi connectivity index (χ4v) is 2.19. The molecule has 0 spiro atoms. The van der Waals surface area contributed by atoms with Gasteiger partial charge in [-0.2, -0.15) is 4.98 Å². The van der Waals surface area contributed by atoms with Crippen LogP contribution in [0, 0.1) is 6.92 Å². The molecule has 128 valence electrons. The van der Waals surface area contributed by atoms with Crippen LogP contribution >= 0.6 is 0 Å². The Labute approximate surface area is 144 Å². The number of hydrogen-bond donors (Lipinski definition) is 1. The third kappa shape index (κ3) is 4.14. The third-order valence-corrected chi connectivity index (χ3v) is 3.48. The van der Waals surface area contributed by atoms with Crippen LogP contribution < -0.4 is 10.1 Å². The van der Waals surface area contributed by atoms with E-state index in [2.05, 4.69) is 20.2 Å². The molecule has 0 atom stereocenters. The number of ether oxygens (including phenoxy) is 2. The van der Waals surface area contributed by atoms with Crippen molar-refractivity contribution in [2.45, 2.75) is 13.5 Å². The smallest absolute Gasteiger partial charge is 0.411 e. The highest BCUT2D eigenvalue weighted by molar-refractivity contribution is 5.85. The highest BCUT2D eigenvalue weighted by atomic mass is 16.5. The van der Waals surface area contributed by atoms with E-state index in [1.165, 1.54) is 7.11 Å². The highest BCUT2D eigenvalue weighted by Crippen LogP contribution is 2.22. The number of carbonyl (C=O) groups excluding carboxylic acids is 1. The van der Waals surface area contributed by atoms with E-state index in [0.29, 0.717) is 23.2 Å². The molecule has 3 rings (SSSR count). The Kier molecular flexibility index (Phi) is 4.94. The predicted molar refractivity (Wildman–Crippen MR) is 91.3 cm³/mol. The summed E-state index contributed by atoms with van der Waals surface area (Å²) in [5.74, 6) is 1.54. The minimum Gasteiger partial charge on any atom is -0.485 e. The van der Waals surface area contributed by atoms with Gasteiger partial charge in [0.1, 0.15) is 5.75 Å². The number of hydrogen-bond acceptors (Lipinski definition) is 6. The van der Waals surface area contributed by atoms with Crippen molar-refractivity contribution in [1.82, 2.24) is 10.1 Å². The number of benzene rings is 2. The van der Waals surface area contributed by atoms with Gasteiger partial charge in [-0.25, -0.2) is 4.79 Å². The van der Waals surface area contributed by atoms with Gasteiger partial charge in [-0.15, -0.1) is 0 Å². The Hall–Kier alpha value is -3.35. The van der Waals surface area contributed by atoms with Gasteiger partial charge < -0.3 is 14.0 Å². The van der Waals surface area contributed by atoms with E-state index < -0.39 is 6.09 Å². The van der Waals surface area contributed by atoms with Gasteiger partial charge in [-0.3, -0.25) is 5.32 Å². The van der Waals surface area contributed by atoms with E-state index in [0.717, 1.165) is 11.1 Å². The van der Waals surface area contributed by atoms with E-state index in [-0.39, 0.29) is 6.61 Å². The molecule has 3 aromatic rings. The van der Waals surface area contributed by atoms with Crippen LogP contribution in [0.2, 0.25) is 0 Å². The standard InChI is InChI=1S/C18H17N3O4/c1-12-10-14(8-9-15(12)19-18(22)23-2)24-11-16-20-17(25-21-16)13-6-4-3-5-7-13/h3-10H,11H2,1-2H3,(H,19,22). The van der Waals surface area contributed by atoms with Gasteiger partial charge in [0.05, 0.1) is 7.11 Å². The summed E-state index contributed by atoms with van der Waals surface area (Å²) in [4.78, 5) is 15.6. The first-order valence-electron chi connectivity index (χ1n) is 7.62. The fourth-order valence-electron chi connectivity index (χ4n) is 2.19. The maximum Gasteiger partial charge on any atom is 0.411 e. The zero-order chi connectivity index (χ0) is 17.6. The Morgan fingerprint density at radius 1 is 1.20 bits per heavy atom. The van der Waals surface area contributed by atoms with Crippen molar-refractivity contribution in [2.75, 3.05) is 12.4 Å². The topological polar surface area (TPSA) is 86.5 Å². The van der Waals surface area contributed by atoms with Crippen molar-refractivity contribution < 1.29 is 18.8 Å². The molecule has 0 bridgehead atoms.